The van der Waals surface area contributed by atoms with Gasteiger partial charge in [-0.1, -0.05) is 33.1 Å². The van der Waals surface area contributed by atoms with Crippen LogP contribution in [0.5, 0.6) is 0 Å². The minimum atomic E-state index is 0.762. The third-order valence-electron chi connectivity index (χ3n) is 5.27. The highest BCUT2D eigenvalue weighted by molar-refractivity contribution is 4.75. The molecule has 1 N–H and O–H groups in total. The molecule has 112 valence electrons. The SMILES string of the molecule is CCC1CCN(CCC2CCCC(C)C2)CCCN1. The van der Waals surface area contributed by atoms with Crippen LogP contribution in [0.2, 0.25) is 0 Å². The van der Waals surface area contributed by atoms with Crippen molar-refractivity contribution >= 4 is 0 Å². The number of nitrogens with one attached hydrogen (secondary N) is 1. The molecule has 2 aliphatic rings. The monoisotopic (exact) mass is 266 g/mol. The Morgan fingerprint density at radius 1 is 1.11 bits per heavy atom. The van der Waals surface area contributed by atoms with Crippen LogP contribution in [0, 0.1) is 11.8 Å². The van der Waals surface area contributed by atoms with Crippen LogP contribution in [0.1, 0.15) is 65.2 Å². The normalized spacial score (nSPS) is 34.7. The molecule has 0 radical (unpaired) electrons. The van der Waals surface area contributed by atoms with E-state index in [1.165, 1.54) is 77.5 Å². The quantitative estimate of drug-likeness (QED) is 0.835. The molecule has 19 heavy (non-hydrogen) atoms. The van der Waals surface area contributed by atoms with Crippen LogP contribution in [-0.4, -0.2) is 37.1 Å². The van der Waals surface area contributed by atoms with Crippen molar-refractivity contribution in [3.05, 3.63) is 0 Å². The van der Waals surface area contributed by atoms with Crippen molar-refractivity contribution in [1.29, 1.82) is 0 Å². The van der Waals surface area contributed by atoms with Gasteiger partial charge >= 0.3 is 0 Å². The molecular weight excluding hydrogens is 232 g/mol. The summed E-state index contributed by atoms with van der Waals surface area (Å²) >= 11 is 0. The second kappa shape index (κ2) is 8.26. The van der Waals surface area contributed by atoms with Crippen LogP contribution in [0.15, 0.2) is 0 Å². The summed E-state index contributed by atoms with van der Waals surface area (Å²) in [4.78, 5) is 2.74. The van der Waals surface area contributed by atoms with E-state index in [1.807, 2.05) is 0 Å². The zero-order valence-electron chi connectivity index (χ0n) is 13.2. The highest BCUT2D eigenvalue weighted by atomic mass is 15.1. The van der Waals surface area contributed by atoms with Crippen LogP contribution < -0.4 is 5.32 Å². The average Bonchev–Trinajstić information content (AvgIpc) is 2.38. The summed E-state index contributed by atoms with van der Waals surface area (Å²) in [6.45, 7) is 9.95. The number of nitrogens with zero attached hydrogens (tertiary/aromatic N) is 1. The molecule has 2 heteroatoms. The Bertz CT molecular complexity index is 241. The van der Waals surface area contributed by atoms with Gasteiger partial charge in [0, 0.05) is 6.04 Å². The van der Waals surface area contributed by atoms with Gasteiger partial charge < -0.3 is 10.2 Å². The maximum atomic E-state index is 3.68. The van der Waals surface area contributed by atoms with Crippen LogP contribution in [0.4, 0.5) is 0 Å². The van der Waals surface area contributed by atoms with E-state index in [0.29, 0.717) is 0 Å². The molecule has 3 unspecified atom stereocenters. The summed E-state index contributed by atoms with van der Waals surface area (Å²) in [5.74, 6) is 2.01. The highest BCUT2D eigenvalue weighted by Gasteiger charge is 2.20. The van der Waals surface area contributed by atoms with E-state index >= 15 is 0 Å². The van der Waals surface area contributed by atoms with Crippen LogP contribution >= 0.6 is 0 Å². The molecule has 0 aromatic heterocycles. The molecule has 2 nitrogen and oxygen atoms in total. The smallest absolute Gasteiger partial charge is 0.00766 e. The summed E-state index contributed by atoms with van der Waals surface area (Å²) < 4.78 is 0. The molecule has 0 spiro atoms. The van der Waals surface area contributed by atoms with E-state index in [9.17, 15) is 0 Å². The molecule has 0 aromatic carbocycles. The Morgan fingerprint density at radius 2 is 2.00 bits per heavy atom. The molecule has 1 saturated heterocycles. The Balaban J connectivity index is 1.68. The van der Waals surface area contributed by atoms with Gasteiger partial charge in [0.2, 0.25) is 0 Å². The lowest BCUT2D eigenvalue weighted by molar-refractivity contribution is 0.193. The Kier molecular flexibility index (Phi) is 6.66. The fraction of sp³-hybridized carbons (Fsp3) is 1.00. The molecule has 0 aromatic rings. The topological polar surface area (TPSA) is 15.3 Å². The molecule has 1 aliphatic carbocycles. The van der Waals surface area contributed by atoms with E-state index in [2.05, 4.69) is 24.1 Å². The third kappa shape index (κ3) is 5.43. The van der Waals surface area contributed by atoms with E-state index in [0.717, 1.165) is 17.9 Å². The lowest BCUT2D eigenvalue weighted by atomic mass is 9.81. The van der Waals surface area contributed by atoms with Crippen LogP contribution in [-0.2, 0) is 0 Å². The van der Waals surface area contributed by atoms with Gasteiger partial charge in [-0.3, -0.25) is 0 Å². The Morgan fingerprint density at radius 3 is 2.79 bits per heavy atom. The minimum absolute atomic E-state index is 0.762. The van der Waals surface area contributed by atoms with E-state index in [4.69, 9.17) is 0 Å². The van der Waals surface area contributed by atoms with Gasteiger partial charge in [-0.05, 0) is 70.1 Å². The first-order valence-corrected chi connectivity index (χ1v) is 8.73. The van der Waals surface area contributed by atoms with Gasteiger partial charge in [0.15, 0.2) is 0 Å². The van der Waals surface area contributed by atoms with E-state index < -0.39 is 0 Å². The predicted octanol–water partition coefficient (Wildman–Crippen LogP) is 3.67. The van der Waals surface area contributed by atoms with Crippen molar-refractivity contribution in [1.82, 2.24) is 10.2 Å². The van der Waals surface area contributed by atoms with Crippen molar-refractivity contribution < 1.29 is 0 Å². The maximum absolute atomic E-state index is 3.68. The number of hydrogen-bond acceptors (Lipinski definition) is 2. The van der Waals surface area contributed by atoms with E-state index in [1.54, 1.807) is 0 Å². The Hall–Kier alpha value is -0.0800. The summed E-state index contributed by atoms with van der Waals surface area (Å²) in [6.07, 6.45) is 11.4. The first-order chi connectivity index (χ1) is 9.28. The van der Waals surface area contributed by atoms with Gasteiger partial charge in [-0.25, -0.2) is 0 Å². The molecule has 1 aliphatic heterocycles. The molecular formula is C17H34N2. The second-order valence-corrected chi connectivity index (χ2v) is 6.97. The summed E-state index contributed by atoms with van der Waals surface area (Å²) in [6, 6.07) is 0.762. The fourth-order valence-electron chi connectivity index (χ4n) is 3.92. The predicted molar refractivity (Wildman–Crippen MR) is 83.5 cm³/mol. The standard InChI is InChI=1S/C17H34N2/c1-3-17-9-13-19(11-5-10-18-17)12-8-16-7-4-6-15(2)14-16/h15-18H,3-14H2,1-2H3. The number of hydrogen-bond donors (Lipinski definition) is 1. The summed E-state index contributed by atoms with van der Waals surface area (Å²) in [5, 5.41) is 3.68. The Labute approximate surface area is 120 Å². The van der Waals surface area contributed by atoms with Crippen molar-refractivity contribution in [3.63, 3.8) is 0 Å². The van der Waals surface area contributed by atoms with Gasteiger partial charge in [-0.2, -0.15) is 0 Å². The van der Waals surface area contributed by atoms with Crippen LogP contribution in [0.25, 0.3) is 0 Å². The van der Waals surface area contributed by atoms with Crippen LogP contribution in [0.3, 0.4) is 0 Å². The molecule has 0 amide bonds. The second-order valence-electron chi connectivity index (χ2n) is 6.97. The molecule has 2 fully saturated rings. The fourth-order valence-corrected chi connectivity index (χ4v) is 3.92. The third-order valence-corrected chi connectivity index (χ3v) is 5.27. The molecule has 1 saturated carbocycles. The zero-order valence-corrected chi connectivity index (χ0v) is 13.2. The first-order valence-electron chi connectivity index (χ1n) is 8.73. The number of rotatable bonds is 4. The van der Waals surface area contributed by atoms with Gasteiger partial charge in [0.25, 0.3) is 0 Å². The largest absolute Gasteiger partial charge is 0.314 e. The highest BCUT2D eigenvalue weighted by Crippen LogP contribution is 2.30. The van der Waals surface area contributed by atoms with Gasteiger partial charge in [0.05, 0.1) is 0 Å². The average molecular weight is 266 g/mol. The summed E-state index contributed by atoms with van der Waals surface area (Å²) in [5.41, 5.74) is 0. The molecule has 3 atom stereocenters. The minimum Gasteiger partial charge on any atom is -0.314 e. The maximum Gasteiger partial charge on any atom is 0.00766 e. The van der Waals surface area contributed by atoms with Crippen molar-refractivity contribution in [3.8, 4) is 0 Å². The lowest BCUT2D eigenvalue weighted by Gasteiger charge is -2.32. The first kappa shape index (κ1) is 15.3. The van der Waals surface area contributed by atoms with Crippen molar-refractivity contribution in [2.75, 3.05) is 26.2 Å². The van der Waals surface area contributed by atoms with Gasteiger partial charge in [0.1, 0.15) is 0 Å². The molecule has 0 bridgehead atoms. The van der Waals surface area contributed by atoms with Gasteiger partial charge in [-0.15, -0.1) is 0 Å². The summed E-state index contributed by atoms with van der Waals surface area (Å²) in [7, 11) is 0. The van der Waals surface area contributed by atoms with E-state index in [-0.39, 0.29) is 0 Å². The van der Waals surface area contributed by atoms with Crippen molar-refractivity contribution in [2.45, 2.75) is 71.3 Å². The zero-order chi connectivity index (χ0) is 13.5. The molecule has 2 rings (SSSR count). The molecule has 1 heterocycles. The lowest BCUT2D eigenvalue weighted by Crippen LogP contribution is -2.40. The van der Waals surface area contributed by atoms with Crippen molar-refractivity contribution in [2.24, 2.45) is 11.8 Å².